The second-order valence-electron chi connectivity index (χ2n) is 5.49. The highest BCUT2D eigenvalue weighted by molar-refractivity contribution is 7.98. The van der Waals surface area contributed by atoms with Gasteiger partial charge in [0, 0.05) is 24.1 Å². The van der Waals surface area contributed by atoms with Crippen LogP contribution in [0.2, 0.25) is 5.02 Å². The van der Waals surface area contributed by atoms with Gasteiger partial charge in [-0.1, -0.05) is 23.7 Å². The van der Waals surface area contributed by atoms with Gasteiger partial charge in [-0.15, -0.1) is 11.8 Å². The van der Waals surface area contributed by atoms with Gasteiger partial charge in [0.1, 0.15) is 13.2 Å². The predicted molar refractivity (Wildman–Crippen MR) is 96.5 cm³/mol. The van der Waals surface area contributed by atoms with Crippen molar-refractivity contribution in [1.82, 2.24) is 4.90 Å². The van der Waals surface area contributed by atoms with Crippen molar-refractivity contribution in [2.45, 2.75) is 11.4 Å². The van der Waals surface area contributed by atoms with Crippen LogP contribution < -0.4 is 9.47 Å². The standard InChI is InChI=1S/C18H18ClNO3S/c1-20(11-12-3-5-14(24-2)6-4-12)18(21)13-9-15(19)17-16(10-13)22-7-8-23-17/h3-6,9-10H,7-8,11H2,1-2H3. The Labute approximate surface area is 150 Å². The number of benzene rings is 2. The quantitative estimate of drug-likeness (QED) is 0.766. The third-order valence-corrected chi connectivity index (χ3v) is 4.79. The third kappa shape index (κ3) is 3.62. The summed E-state index contributed by atoms with van der Waals surface area (Å²) in [6.45, 7) is 1.45. The highest BCUT2D eigenvalue weighted by atomic mass is 35.5. The van der Waals surface area contributed by atoms with Gasteiger partial charge in [0.05, 0.1) is 5.02 Å². The van der Waals surface area contributed by atoms with Crippen molar-refractivity contribution in [3.05, 3.63) is 52.5 Å². The molecule has 0 saturated heterocycles. The fourth-order valence-corrected chi connectivity index (χ4v) is 3.20. The molecule has 0 atom stereocenters. The molecule has 0 saturated carbocycles. The lowest BCUT2D eigenvalue weighted by molar-refractivity contribution is 0.0784. The van der Waals surface area contributed by atoms with Crippen molar-refractivity contribution in [2.75, 3.05) is 26.5 Å². The predicted octanol–water partition coefficient (Wildman–Crippen LogP) is 4.11. The second-order valence-corrected chi connectivity index (χ2v) is 6.78. The van der Waals surface area contributed by atoms with Gasteiger partial charge in [0.25, 0.3) is 5.91 Å². The second kappa shape index (κ2) is 7.36. The molecule has 0 aliphatic carbocycles. The summed E-state index contributed by atoms with van der Waals surface area (Å²) < 4.78 is 11.0. The van der Waals surface area contributed by atoms with E-state index in [0.29, 0.717) is 41.8 Å². The number of hydrogen-bond donors (Lipinski definition) is 0. The maximum absolute atomic E-state index is 12.7. The molecule has 1 heterocycles. The van der Waals surface area contributed by atoms with Crippen molar-refractivity contribution in [2.24, 2.45) is 0 Å². The molecule has 0 unspecified atom stereocenters. The Morgan fingerprint density at radius 3 is 2.62 bits per heavy atom. The van der Waals surface area contributed by atoms with E-state index in [-0.39, 0.29) is 5.91 Å². The molecular formula is C18H18ClNO3S. The summed E-state index contributed by atoms with van der Waals surface area (Å²) in [7, 11) is 1.77. The summed E-state index contributed by atoms with van der Waals surface area (Å²) in [6.07, 6.45) is 2.04. The molecule has 1 aliphatic rings. The van der Waals surface area contributed by atoms with Crippen molar-refractivity contribution >= 4 is 29.3 Å². The molecule has 0 bridgehead atoms. The number of fused-ring (bicyclic) bond motifs is 1. The Hall–Kier alpha value is -1.85. The Balaban J connectivity index is 1.76. The van der Waals surface area contributed by atoms with E-state index in [1.807, 2.05) is 18.4 Å². The lowest BCUT2D eigenvalue weighted by Crippen LogP contribution is -2.26. The summed E-state index contributed by atoms with van der Waals surface area (Å²) in [4.78, 5) is 15.5. The zero-order valence-corrected chi connectivity index (χ0v) is 15.1. The van der Waals surface area contributed by atoms with E-state index in [1.165, 1.54) is 4.90 Å². The molecule has 2 aromatic rings. The fourth-order valence-electron chi connectivity index (χ4n) is 2.53. The molecular weight excluding hydrogens is 346 g/mol. The maximum Gasteiger partial charge on any atom is 0.254 e. The highest BCUT2D eigenvalue weighted by Crippen LogP contribution is 2.38. The van der Waals surface area contributed by atoms with Gasteiger partial charge in [0.2, 0.25) is 0 Å². The van der Waals surface area contributed by atoms with E-state index in [9.17, 15) is 4.79 Å². The Morgan fingerprint density at radius 1 is 1.21 bits per heavy atom. The van der Waals surface area contributed by atoms with Crippen molar-refractivity contribution < 1.29 is 14.3 Å². The van der Waals surface area contributed by atoms with Gasteiger partial charge in [-0.05, 0) is 36.1 Å². The summed E-state index contributed by atoms with van der Waals surface area (Å²) in [5.41, 5.74) is 1.57. The molecule has 0 fully saturated rings. The van der Waals surface area contributed by atoms with Crippen LogP contribution in [0.4, 0.5) is 0 Å². The van der Waals surface area contributed by atoms with E-state index in [0.717, 1.165) is 5.56 Å². The molecule has 6 heteroatoms. The number of hydrogen-bond acceptors (Lipinski definition) is 4. The summed E-state index contributed by atoms with van der Waals surface area (Å²) >= 11 is 7.90. The highest BCUT2D eigenvalue weighted by Gasteiger charge is 2.21. The summed E-state index contributed by atoms with van der Waals surface area (Å²) in [5, 5.41) is 0.397. The summed E-state index contributed by atoms with van der Waals surface area (Å²) in [6, 6.07) is 11.5. The summed E-state index contributed by atoms with van der Waals surface area (Å²) in [5.74, 6) is 0.924. The first-order valence-electron chi connectivity index (χ1n) is 7.56. The zero-order chi connectivity index (χ0) is 17.1. The van der Waals surface area contributed by atoms with Gasteiger partial charge in [-0.2, -0.15) is 0 Å². The van der Waals surface area contributed by atoms with Gasteiger partial charge in [-0.3, -0.25) is 4.79 Å². The Morgan fingerprint density at radius 2 is 1.92 bits per heavy atom. The molecule has 126 valence electrons. The first-order valence-corrected chi connectivity index (χ1v) is 9.16. The van der Waals surface area contributed by atoms with Crippen molar-refractivity contribution in [3.63, 3.8) is 0 Å². The fraction of sp³-hybridized carbons (Fsp3) is 0.278. The van der Waals surface area contributed by atoms with Crippen LogP contribution >= 0.6 is 23.4 Å². The van der Waals surface area contributed by atoms with E-state index in [2.05, 4.69) is 12.1 Å². The van der Waals surface area contributed by atoms with Gasteiger partial charge >= 0.3 is 0 Å². The normalized spacial score (nSPS) is 12.8. The monoisotopic (exact) mass is 363 g/mol. The lowest BCUT2D eigenvalue weighted by atomic mass is 10.1. The Bertz CT molecular complexity index is 749. The zero-order valence-electron chi connectivity index (χ0n) is 13.5. The van der Waals surface area contributed by atoms with Gasteiger partial charge < -0.3 is 14.4 Å². The molecule has 1 aliphatic heterocycles. The van der Waals surface area contributed by atoms with Crippen LogP contribution in [0.1, 0.15) is 15.9 Å². The minimum absolute atomic E-state index is 0.109. The largest absolute Gasteiger partial charge is 0.486 e. The molecule has 0 radical (unpaired) electrons. The van der Waals surface area contributed by atoms with Crippen LogP contribution in [0.3, 0.4) is 0 Å². The van der Waals surface area contributed by atoms with Crippen LogP contribution in [0.25, 0.3) is 0 Å². The van der Waals surface area contributed by atoms with Gasteiger partial charge in [-0.25, -0.2) is 0 Å². The van der Waals surface area contributed by atoms with Crippen LogP contribution in [0.5, 0.6) is 11.5 Å². The van der Waals surface area contributed by atoms with Crippen LogP contribution in [0.15, 0.2) is 41.3 Å². The van der Waals surface area contributed by atoms with E-state index >= 15 is 0 Å². The van der Waals surface area contributed by atoms with Crippen LogP contribution in [-0.4, -0.2) is 37.3 Å². The maximum atomic E-state index is 12.7. The average molecular weight is 364 g/mol. The number of carbonyl (C=O) groups is 1. The first kappa shape index (κ1) is 17.0. The topological polar surface area (TPSA) is 38.8 Å². The number of ether oxygens (including phenoxy) is 2. The molecule has 3 rings (SSSR count). The van der Waals surface area contributed by atoms with Crippen LogP contribution in [-0.2, 0) is 6.54 Å². The molecule has 1 amide bonds. The third-order valence-electron chi connectivity index (χ3n) is 3.77. The first-order chi connectivity index (χ1) is 11.6. The average Bonchev–Trinajstić information content (AvgIpc) is 2.61. The molecule has 4 nitrogen and oxygen atoms in total. The number of thioether (sulfide) groups is 1. The molecule has 0 aromatic heterocycles. The SMILES string of the molecule is CSc1ccc(CN(C)C(=O)c2cc(Cl)c3c(c2)OCCO3)cc1. The number of carbonyl (C=O) groups excluding carboxylic acids is 1. The van der Waals surface area contributed by atoms with Gasteiger partial charge in [0.15, 0.2) is 11.5 Å². The molecule has 2 aromatic carbocycles. The number of amides is 1. The van der Waals surface area contributed by atoms with E-state index in [4.69, 9.17) is 21.1 Å². The number of rotatable bonds is 4. The van der Waals surface area contributed by atoms with E-state index in [1.54, 1.807) is 35.8 Å². The van der Waals surface area contributed by atoms with Crippen LogP contribution in [0, 0.1) is 0 Å². The molecule has 24 heavy (non-hydrogen) atoms. The van der Waals surface area contributed by atoms with Crippen molar-refractivity contribution in [1.29, 1.82) is 0 Å². The smallest absolute Gasteiger partial charge is 0.254 e. The van der Waals surface area contributed by atoms with E-state index < -0.39 is 0 Å². The van der Waals surface area contributed by atoms with Crippen molar-refractivity contribution in [3.8, 4) is 11.5 Å². The number of halogens is 1. The Kier molecular flexibility index (Phi) is 5.21. The minimum Gasteiger partial charge on any atom is -0.486 e. The number of nitrogens with zero attached hydrogens (tertiary/aromatic N) is 1. The minimum atomic E-state index is -0.109. The molecule has 0 N–H and O–H groups in total. The molecule has 0 spiro atoms. The lowest BCUT2D eigenvalue weighted by Gasteiger charge is -2.22.